The lowest BCUT2D eigenvalue weighted by molar-refractivity contribution is 0.173. The summed E-state index contributed by atoms with van der Waals surface area (Å²) < 4.78 is 6.25. The van der Waals surface area contributed by atoms with Crippen LogP contribution in [-0.2, 0) is 6.42 Å². The Kier molecular flexibility index (Phi) is 5.23. The molecule has 106 valence electrons. The predicted octanol–water partition coefficient (Wildman–Crippen LogP) is 5.24. The highest BCUT2D eigenvalue weighted by Gasteiger charge is 2.25. The van der Waals surface area contributed by atoms with Gasteiger partial charge in [-0.3, -0.25) is 0 Å². The predicted molar refractivity (Wildman–Crippen MR) is 86.1 cm³/mol. The summed E-state index contributed by atoms with van der Waals surface area (Å²) in [4.78, 5) is 0. The normalized spacial score (nSPS) is 21.5. The van der Waals surface area contributed by atoms with E-state index in [1.54, 1.807) is 0 Å². The van der Waals surface area contributed by atoms with E-state index >= 15 is 0 Å². The summed E-state index contributed by atoms with van der Waals surface area (Å²) >= 11 is 0. The first kappa shape index (κ1) is 14.6. The van der Waals surface area contributed by atoms with Gasteiger partial charge in [0.05, 0.1) is 0 Å². The Morgan fingerprint density at radius 2 is 1.95 bits per heavy atom. The highest BCUT2D eigenvalue weighted by Crippen LogP contribution is 2.28. The SMILES string of the molecule is CC/C=C/C1(Oc2ccc(CCC)cc2)C=CC=CC1. The highest BCUT2D eigenvalue weighted by molar-refractivity contribution is 5.32. The summed E-state index contributed by atoms with van der Waals surface area (Å²) in [6.07, 6.45) is 17.0. The molecule has 1 aromatic carbocycles. The van der Waals surface area contributed by atoms with Gasteiger partial charge in [0, 0.05) is 6.42 Å². The minimum Gasteiger partial charge on any atom is -0.479 e. The molecule has 0 fully saturated rings. The maximum atomic E-state index is 6.25. The number of ether oxygens (including phenoxy) is 1. The zero-order valence-electron chi connectivity index (χ0n) is 12.5. The van der Waals surface area contributed by atoms with Crippen molar-refractivity contribution >= 4 is 0 Å². The summed E-state index contributed by atoms with van der Waals surface area (Å²) in [6.45, 7) is 4.35. The van der Waals surface area contributed by atoms with Crippen molar-refractivity contribution in [2.45, 2.75) is 45.1 Å². The van der Waals surface area contributed by atoms with Crippen LogP contribution in [0.4, 0.5) is 0 Å². The van der Waals surface area contributed by atoms with Gasteiger partial charge in [-0.15, -0.1) is 0 Å². The Hall–Kier alpha value is -1.76. The third-order valence-electron chi connectivity index (χ3n) is 3.47. The van der Waals surface area contributed by atoms with E-state index in [4.69, 9.17) is 4.74 Å². The molecule has 0 N–H and O–H groups in total. The molecule has 0 spiro atoms. The molecular weight excluding hydrogens is 244 g/mol. The van der Waals surface area contributed by atoms with Gasteiger partial charge in [0.25, 0.3) is 0 Å². The van der Waals surface area contributed by atoms with Gasteiger partial charge in [-0.2, -0.15) is 0 Å². The Balaban J connectivity index is 2.13. The van der Waals surface area contributed by atoms with E-state index in [1.165, 1.54) is 12.0 Å². The lowest BCUT2D eigenvalue weighted by Crippen LogP contribution is -2.31. The Bertz CT molecular complexity index is 493. The molecule has 0 radical (unpaired) electrons. The third-order valence-corrected chi connectivity index (χ3v) is 3.47. The van der Waals surface area contributed by atoms with Crippen molar-refractivity contribution < 1.29 is 4.74 Å². The van der Waals surface area contributed by atoms with Crippen LogP contribution in [0.5, 0.6) is 5.75 Å². The number of hydrogen-bond donors (Lipinski definition) is 0. The van der Waals surface area contributed by atoms with Crippen LogP contribution in [0.2, 0.25) is 0 Å². The molecule has 1 nitrogen and oxygen atoms in total. The first-order valence-corrected chi connectivity index (χ1v) is 7.58. The smallest absolute Gasteiger partial charge is 0.149 e. The molecule has 0 aromatic heterocycles. The van der Waals surface area contributed by atoms with Gasteiger partial charge in [0.2, 0.25) is 0 Å². The number of benzene rings is 1. The molecule has 1 heteroatoms. The van der Waals surface area contributed by atoms with Crippen LogP contribution in [0.15, 0.2) is 60.7 Å². The zero-order chi connectivity index (χ0) is 14.3. The van der Waals surface area contributed by atoms with Crippen LogP contribution in [0.3, 0.4) is 0 Å². The second kappa shape index (κ2) is 7.14. The molecule has 1 aliphatic carbocycles. The number of aryl methyl sites for hydroxylation is 1. The van der Waals surface area contributed by atoms with Crippen molar-refractivity contribution in [3.63, 3.8) is 0 Å². The summed E-state index contributed by atoms with van der Waals surface area (Å²) in [5.74, 6) is 0.936. The molecule has 20 heavy (non-hydrogen) atoms. The molecule has 1 aromatic rings. The molecular formula is C19H24O. The number of hydrogen-bond acceptors (Lipinski definition) is 1. The van der Waals surface area contributed by atoms with E-state index in [-0.39, 0.29) is 5.60 Å². The van der Waals surface area contributed by atoms with E-state index in [1.807, 2.05) is 0 Å². The highest BCUT2D eigenvalue weighted by atomic mass is 16.5. The van der Waals surface area contributed by atoms with Crippen LogP contribution in [0, 0.1) is 0 Å². The first-order valence-electron chi connectivity index (χ1n) is 7.58. The average molecular weight is 268 g/mol. The molecule has 0 bridgehead atoms. The molecule has 1 unspecified atom stereocenters. The van der Waals surface area contributed by atoms with E-state index in [0.717, 1.165) is 25.0 Å². The fourth-order valence-electron chi connectivity index (χ4n) is 2.40. The summed E-state index contributed by atoms with van der Waals surface area (Å²) in [6, 6.07) is 8.49. The van der Waals surface area contributed by atoms with Gasteiger partial charge in [0.15, 0.2) is 0 Å². The number of allylic oxidation sites excluding steroid dienone is 3. The lowest BCUT2D eigenvalue weighted by Gasteiger charge is -2.29. The van der Waals surface area contributed by atoms with Gasteiger partial charge in [0.1, 0.15) is 11.4 Å². The molecule has 0 aliphatic heterocycles. The molecule has 2 rings (SSSR count). The topological polar surface area (TPSA) is 9.23 Å². The first-order chi connectivity index (χ1) is 9.78. The summed E-state index contributed by atoms with van der Waals surface area (Å²) in [5.41, 5.74) is 1.05. The molecule has 0 saturated heterocycles. The fourth-order valence-corrected chi connectivity index (χ4v) is 2.40. The van der Waals surface area contributed by atoms with Gasteiger partial charge in [-0.05, 0) is 42.7 Å². The Morgan fingerprint density at radius 1 is 1.15 bits per heavy atom. The Labute approximate surface area is 122 Å². The molecule has 0 amide bonds. The maximum Gasteiger partial charge on any atom is 0.149 e. The van der Waals surface area contributed by atoms with Gasteiger partial charge < -0.3 is 4.74 Å². The van der Waals surface area contributed by atoms with Crippen LogP contribution in [0.1, 0.15) is 38.7 Å². The second-order valence-corrected chi connectivity index (χ2v) is 5.25. The van der Waals surface area contributed by atoms with Crippen LogP contribution in [0.25, 0.3) is 0 Å². The van der Waals surface area contributed by atoms with Crippen molar-refractivity contribution in [2.75, 3.05) is 0 Å². The van der Waals surface area contributed by atoms with Crippen molar-refractivity contribution in [1.82, 2.24) is 0 Å². The van der Waals surface area contributed by atoms with E-state index < -0.39 is 0 Å². The third kappa shape index (κ3) is 3.86. The van der Waals surface area contributed by atoms with Crippen molar-refractivity contribution in [1.29, 1.82) is 0 Å². The van der Waals surface area contributed by atoms with Crippen LogP contribution < -0.4 is 4.74 Å². The minimum atomic E-state index is -0.322. The summed E-state index contributed by atoms with van der Waals surface area (Å²) in [7, 11) is 0. The molecule has 1 atom stereocenters. The molecule has 0 saturated carbocycles. The largest absolute Gasteiger partial charge is 0.479 e. The fraction of sp³-hybridized carbons (Fsp3) is 0.368. The minimum absolute atomic E-state index is 0.322. The van der Waals surface area contributed by atoms with Crippen molar-refractivity contribution in [2.24, 2.45) is 0 Å². The number of rotatable bonds is 6. The van der Waals surface area contributed by atoms with Crippen LogP contribution >= 0.6 is 0 Å². The average Bonchev–Trinajstić information content (AvgIpc) is 2.49. The van der Waals surface area contributed by atoms with E-state index in [2.05, 4.69) is 74.6 Å². The summed E-state index contributed by atoms with van der Waals surface area (Å²) in [5, 5.41) is 0. The second-order valence-electron chi connectivity index (χ2n) is 5.25. The zero-order valence-corrected chi connectivity index (χ0v) is 12.5. The Morgan fingerprint density at radius 3 is 2.55 bits per heavy atom. The lowest BCUT2D eigenvalue weighted by atomic mass is 9.94. The standard InChI is InChI=1S/C19H24O/c1-3-5-14-19(15-7-6-8-16-19)20-18-12-10-17(9-4-2)11-13-18/h5-8,10-15H,3-4,9,16H2,1-2H3/b14-5+. The van der Waals surface area contributed by atoms with Gasteiger partial charge in [-0.25, -0.2) is 0 Å². The van der Waals surface area contributed by atoms with Gasteiger partial charge in [-0.1, -0.05) is 56.7 Å². The quantitative estimate of drug-likeness (QED) is 0.641. The van der Waals surface area contributed by atoms with E-state index in [9.17, 15) is 0 Å². The van der Waals surface area contributed by atoms with Gasteiger partial charge >= 0.3 is 0 Å². The maximum absolute atomic E-state index is 6.25. The van der Waals surface area contributed by atoms with Crippen molar-refractivity contribution in [3.8, 4) is 5.75 Å². The van der Waals surface area contributed by atoms with Crippen LogP contribution in [-0.4, -0.2) is 5.60 Å². The monoisotopic (exact) mass is 268 g/mol. The van der Waals surface area contributed by atoms with Crippen molar-refractivity contribution in [3.05, 3.63) is 66.3 Å². The van der Waals surface area contributed by atoms with E-state index in [0.29, 0.717) is 0 Å². The molecule has 0 heterocycles. The molecule has 1 aliphatic rings.